The molecule has 19 heavy (non-hydrogen) atoms. The Hall–Kier alpha value is -0.900. The first-order chi connectivity index (χ1) is 8.74. The van der Waals surface area contributed by atoms with Crippen molar-refractivity contribution in [2.75, 3.05) is 14.1 Å². The zero-order valence-corrected chi connectivity index (χ0v) is 13.1. The molecule has 4 heteroatoms. The van der Waals surface area contributed by atoms with Crippen molar-refractivity contribution in [3.63, 3.8) is 0 Å². The summed E-state index contributed by atoms with van der Waals surface area (Å²) >= 11 is 0. The van der Waals surface area contributed by atoms with E-state index >= 15 is 0 Å². The van der Waals surface area contributed by atoms with Gasteiger partial charge in [0.15, 0.2) is 5.78 Å². The molecule has 0 saturated heterocycles. The Morgan fingerprint density at radius 2 is 1.84 bits per heavy atom. The quantitative estimate of drug-likeness (QED) is 0.766. The van der Waals surface area contributed by atoms with E-state index in [1.165, 1.54) is 0 Å². The van der Waals surface area contributed by atoms with E-state index in [-0.39, 0.29) is 17.7 Å². The number of hydrogen-bond acceptors (Lipinski definition) is 3. The van der Waals surface area contributed by atoms with Gasteiger partial charge in [-0.25, -0.2) is 0 Å². The highest BCUT2D eigenvalue weighted by Gasteiger charge is 2.58. The van der Waals surface area contributed by atoms with Crippen molar-refractivity contribution < 1.29 is 9.59 Å². The van der Waals surface area contributed by atoms with E-state index in [9.17, 15) is 9.59 Å². The molecule has 0 bridgehead atoms. The first-order valence-corrected chi connectivity index (χ1v) is 7.22. The minimum absolute atomic E-state index is 0.0442. The molecule has 1 unspecified atom stereocenters. The van der Waals surface area contributed by atoms with Crippen LogP contribution in [-0.4, -0.2) is 42.3 Å². The van der Waals surface area contributed by atoms with Gasteiger partial charge in [-0.2, -0.15) is 0 Å². The smallest absolute Gasteiger partial charge is 0.240 e. The molecule has 4 nitrogen and oxygen atoms in total. The van der Waals surface area contributed by atoms with Crippen molar-refractivity contribution in [3.8, 4) is 0 Å². The number of hydrogen-bond donors (Lipinski definition) is 1. The molecule has 0 radical (unpaired) electrons. The lowest BCUT2D eigenvalue weighted by Crippen LogP contribution is -2.50. The minimum atomic E-state index is -0.517. The molecule has 2 atom stereocenters. The molecular formula is C15H28N2O2. The first-order valence-electron chi connectivity index (χ1n) is 7.22. The van der Waals surface area contributed by atoms with E-state index in [1.54, 1.807) is 11.9 Å². The molecule has 0 aliphatic heterocycles. The van der Waals surface area contributed by atoms with Crippen LogP contribution in [0, 0.1) is 11.8 Å². The lowest BCUT2D eigenvalue weighted by molar-refractivity contribution is -0.137. The van der Waals surface area contributed by atoms with Crippen molar-refractivity contribution in [3.05, 3.63) is 0 Å². The van der Waals surface area contributed by atoms with Crippen LogP contribution in [0.2, 0.25) is 0 Å². The zero-order valence-electron chi connectivity index (χ0n) is 13.1. The number of carbonyl (C=O) groups is 2. The minimum Gasteiger partial charge on any atom is -0.331 e. The molecule has 1 N–H and O–H groups in total. The lowest BCUT2D eigenvalue weighted by atomic mass is 9.98. The highest BCUT2D eigenvalue weighted by atomic mass is 16.2. The van der Waals surface area contributed by atoms with Crippen LogP contribution in [0.25, 0.3) is 0 Å². The summed E-state index contributed by atoms with van der Waals surface area (Å²) in [6, 6.07) is -0.192. The largest absolute Gasteiger partial charge is 0.331 e. The third kappa shape index (κ3) is 3.56. The van der Waals surface area contributed by atoms with Gasteiger partial charge in [-0.3, -0.25) is 9.59 Å². The number of Topliss-reactive ketones (excluding diaryl/α,β-unsaturated/α-hetero) is 1. The Balaban J connectivity index is 2.77. The first kappa shape index (κ1) is 16.2. The fourth-order valence-electron chi connectivity index (χ4n) is 2.78. The van der Waals surface area contributed by atoms with Gasteiger partial charge >= 0.3 is 0 Å². The Morgan fingerprint density at radius 3 is 2.16 bits per heavy atom. The Labute approximate surface area is 116 Å². The number of nitrogens with zero attached hydrogens (tertiary/aromatic N) is 1. The van der Waals surface area contributed by atoms with E-state index in [2.05, 4.69) is 33.0 Å². The van der Waals surface area contributed by atoms with Gasteiger partial charge in [0.1, 0.15) is 5.54 Å². The van der Waals surface area contributed by atoms with Crippen LogP contribution in [0.4, 0.5) is 0 Å². The van der Waals surface area contributed by atoms with Crippen LogP contribution in [0.15, 0.2) is 0 Å². The van der Waals surface area contributed by atoms with Crippen molar-refractivity contribution >= 4 is 11.7 Å². The van der Waals surface area contributed by atoms with E-state index in [0.717, 1.165) is 12.8 Å². The molecule has 0 aromatic heterocycles. The summed E-state index contributed by atoms with van der Waals surface area (Å²) in [5, 5.41) is 3.08. The molecule has 1 rings (SSSR count). The van der Waals surface area contributed by atoms with Gasteiger partial charge in [-0.15, -0.1) is 0 Å². The summed E-state index contributed by atoms with van der Waals surface area (Å²) in [7, 11) is 3.59. The van der Waals surface area contributed by atoms with Gasteiger partial charge in [0.25, 0.3) is 0 Å². The summed E-state index contributed by atoms with van der Waals surface area (Å²) in [6.07, 6.45) is 2.09. The molecule has 110 valence electrons. The Kier molecular flexibility index (Phi) is 5.13. The molecule has 1 amide bonds. The average molecular weight is 268 g/mol. The van der Waals surface area contributed by atoms with Gasteiger partial charge in [0.05, 0.1) is 6.04 Å². The average Bonchev–Trinajstić information content (AvgIpc) is 2.94. The van der Waals surface area contributed by atoms with Gasteiger partial charge < -0.3 is 10.2 Å². The summed E-state index contributed by atoms with van der Waals surface area (Å²) < 4.78 is 0. The fraction of sp³-hybridized carbons (Fsp3) is 0.867. The second kappa shape index (κ2) is 6.04. The maximum Gasteiger partial charge on any atom is 0.240 e. The Morgan fingerprint density at radius 1 is 1.32 bits per heavy atom. The number of amides is 1. The van der Waals surface area contributed by atoms with Crippen molar-refractivity contribution in [1.82, 2.24) is 10.2 Å². The highest BCUT2D eigenvalue weighted by Crippen LogP contribution is 2.42. The topological polar surface area (TPSA) is 49.4 Å². The molecule has 0 aromatic carbocycles. The second-order valence-electron chi connectivity index (χ2n) is 6.60. The lowest BCUT2D eigenvalue weighted by Gasteiger charge is -2.31. The molecular weight excluding hydrogens is 240 g/mol. The summed E-state index contributed by atoms with van der Waals surface area (Å²) in [5.41, 5.74) is -0.517. The normalized spacial score (nSPS) is 23.9. The van der Waals surface area contributed by atoms with Crippen LogP contribution in [-0.2, 0) is 9.59 Å². The molecule has 1 aliphatic carbocycles. The molecule has 0 spiro atoms. The molecule has 1 fully saturated rings. The third-order valence-corrected chi connectivity index (χ3v) is 3.92. The maximum atomic E-state index is 12.5. The number of nitrogens with one attached hydrogen (secondary N) is 1. The van der Waals surface area contributed by atoms with E-state index in [4.69, 9.17) is 0 Å². The van der Waals surface area contributed by atoms with Crippen LogP contribution < -0.4 is 5.32 Å². The number of carbonyl (C=O) groups excluding carboxylic acids is 2. The molecule has 0 aromatic rings. The van der Waals surface area contributed by atoms with Gasteiger partial charge in [0, 0.05) is 13.5 Å². The summed E-state index contributed by atoms with van der Waals surface area (Å²) in [6.45, 7) is 8.39. The monoisotopic (exact) mass is 268 g/mol. The summed E-state index contributed by atoms with van der Waals surface area (Å²) in [4.78, 5) is 26.0. The van der Waals surface area contributed by atoms with E-state index in [1.807, 2.05) is 7.05 Å². The van der Waals surface area contributed by atoms with Crippen molar-refractivity contribution in [2.45, 2.75) is 58.5 Å². The van der Waals surface area contributed by atoms with Crippen LogP contribution in [0.5, 0.6) is 0 Å². The zero-order chi connectivity index (χ0) is 14.8. The van der Waals surface area contributed by atoms with E-state index in [0.29, 0.717) is 18.3 Å². The third-order valence-electron chi connectivity index (χ3n) is 3.92. The Bertz CT molecular complexity index is 352. The van der Waals surface area contributed by atoms with Crippen molar-refractivity contribution in [1.29, 1.82) is 0 Å². The SMILES string of the molecule is CN[C@@H](CC(C)C)C(=O)N(C)C1(CC(C)C)CC1=O. The predicted octanol–water partition coefficient (Wildman–Crippen LogP) is 1.84. The van der Waals surface area contributed by atoms with Gasteiger partial charge in [-0.05, 0) is 31.7 Å². The van der Waals surface area contributed by atoms with Crippen LogP contribution in [0.1, 0.15) is 47.0 Å². The standard InChI is InChI=1S/C15H28N2O2/c1-10(2)7-12(16-5)14(19)17(6)15(8-11(3)4)9-13(15)18/h10-12,16H,7-9H2,1-6H3/t12-,15?/m0/s1. The highest BCUT2D eigenvalue weighted by molar-refractivity contribution is 6.08. The second-order valence-corrected chi connectivity index (χ2v) is 6.60. The number of likely N-dealkylation sites (N-methyl/N-ethyl adjacent to an activating group) is 2. The number of rotatable bonds is 7. The molecule has 1 saturated carbocycles. The molecule has 1 aliphatic rings. The molecule has 0 heterocycles. The van der Waals surface area contributed by atoms with E-state index < -0.39 is 5.54 Å². The van der Waals surface area contributed by atoms with Crippen molar-refractivity contribution in [2.24, 2.45) is 11.8 Å². The van der Waals surface area contributed by atoms with Gasteiger partial charge in [0.2, 0.25) is 5.91 Å². The summed E-state index contributed by atoms with van der Waals surface area (Å²) in [5.74, 6) is 1.12. The maximum absolute atomic E-state index is 12.5. The number of ketones is 1. The fourth-order valence-corrected chi connectivity index (χ4v) is 2.78. The van der Waals surface area contributed by atoms with Crippen LogP contribution in [0.3, 0.4) is 0 Å². The van der Waals surface area contributed by atoms with Crippen LogP contribution >= 0.6 is 0 Å². The van der Waals surface area contributed by atoms with Gasteiger partial charge in [-0.1, -0.05) is 27.7 Å². The predicted molar refractivity (Wildman–Crippen MR) is 76.9 cm³/mol.